The maximum absolute atomic E-state index is 11.7. The molecule has 108 valence electrons. The molecule has 1 unspecified atom stereocenters. The van der Waals surface area contributed by atoms with Crippen LogP contribution in [-0.4, -0.2) is 22.0 Å². The van der Waals surface area contributed by atoms with E-state index in [0.717, 1.165) is 12.2 Å². The Balaban J connectivity index is 2.84. The predicted molar refractivity (Wildman–Crippen MR) is 79.6 cm³/mol. The highest BCUT2D eigenvalue weighted by molar-refractivity contribution is 7.89. The van der Waals surface area contributed by atoms with Crippen LogP contribution in [0.15, 0.2) is 23.1 Å². The normalized spacial score (nSPS) is 13.5. The van der Waals surface area contributed by atoms with Crippen molar-refractivity contribution in [3.05, 3.63) is 18.2 Å². The molecule has 6 heteroatoms. The van der Waals surface area contributed by atoms with E-state index in [2.05, 4.69) is 30.8 Å². The molecule has 0 saturated heterocycles. The average molecular weight is 285 g/mol. The molecule has 0 spiro atoms. The third-order valence-corrected chi connectivity index (χ3v) is 4.82. The standard InChI is InChI=1S/C13H23N3O2S/c1-9(2)10(3)8-16-11-5-6-13(12(14)7-11)19(17,18)15-4/h5-7,9-10,15-16H,8,14H2,1-4H3. The van der Waals surface area contributed by atoms with Crippen molar-refractivity contribution in [2.45, 2.75) is 25.7 Å². The summed E-state index contributed by atoms with van der Waals surface area (Å²) in [6, 6.07) is 4.90. The lowest BCUT2D eigenvalue weighted by atomic mass is 9.98. The minimum atomic E-state index is -3.49. The van der Waals surface area contributed by atoms with E-state index in [4.69, 9.17) is 5.73 Å². The van der Waals surface area contributed by atoms with Crippen LogP contribution in [0.3, 0.4) is 0 Å². The van der Waals surface area contributed by atoms with Crippen molar-refractivity contribution in [3.8, 4) is 0 Å². The first-order valence-corrected chi connectivity index (χ1v) is 7.83. The van der Waals surface area contributed by atoms with Crippen LogP contribution in [0, 0.1) is 11.8 Å². The molecule has 0 aliphatic heterocycles. The molecule has 0 aromatic heterocycles. The first kappa shape index (κ1) is 15.8. The van der Waals surface area contributed by atoms with Crippen LogP contribution in [0.25, 0.3) is 0 Å². The van der Waals surface area contributed by atoms with Crippen LogP contribution < -0.4 is 15.8 Å². The minimum absolute atomic E-state index is 0.109. The molecular weight excluding hydrogens is 262 g/mol. The molecule has 0 aliphatic rings. The van der Waals surface area contributed by atoms with Gasteiger partial charge in [0, 0.05) is 12.2 Å². The van der Waals surface area contributed by atoms with Crippen molar-refractivity contribution in [1.29, 1.82) is 0 Å². The molecule has 0 bridgehead atoms. The van der Waals surface area contributed by atoms with E-state index < -0.39 is 10.0 Å². The van der Waals surface area contributed by atoms with Gasteiger partial charge in [-0.15, -0.1) is 0 Å². The summed E-state index contributed by atoms with van der Waals surface area (Å²) >= 11 is 0. The van der Waals surface area contributed by atoms with Gasteiger partial charge >= 0.3 is 0 Å². The third kappa shape index (κ3) is 4.11. The Morgan fingerprint density at radius 3 is 2.37 bits per heavy atom. The number of nitrogens with two attached hydrogens (primary N) is 1. The zero-order valence-corrected chi connectivity index (χ0v) is 12.7. The molecule has 0 fully saturated rings. The SMILES string of the molecule is CNS(=O)(=O)c1ccc(NCC(C)C(C)C)cc1N. The maximum atomic E-state index is 11.7. The van der Waals surface area contributed by atoms with Crippen LogP contribution in [0.1, 0.15) is 20.8 Å². The fraction of sp³-hybridized carbons (Fsp3) is 0.538. The zero-order chi connectivity index (χ0) is 14.6. The Bertz CT molecular complexity index is 527. The smallest absolute Gasteiger partial charge is 0.242 e. The largest absolute Gasteiger partial charge is 0.398 e. The van der Waals surface area contributed by atoms with Crippen molar-refractivity contribution in [2.24, 2.45) is 11.8 Å². The second kappa shape index (κ2) is 6.25. The highest BCUT2D eigenvalue weighted by Crippen LogP contribution is 2.22. The van der Waals surface area contributed by atoms with E-state index in [1.54, 1.807) is 12.1 Å². The Morgan fingerprint density at radius 1 is 1.26 bits per heavy atom. The fourth-order valence-corrected chi connectivity index (χ4v) is 2.36. The van der Waals surface area contributed by atoms with Gasteiger partial charge in [-0.25, -0.2) is 13.1 Å². The third-order valence-electron chi connectivity index (χ3n) is 3.33. The lowest BCUT2D eigenvalue weighted by molar-refractivity contribution is 0.440. The fourth-order valence-electron chi connectivity index (χ4n) is 1.53. The number of benzene rings is 1. The van der Waals surface area contributed by atoms with Gasteiger partial charge in [-0.05, 0) is 37.1 Å². The van der Waals surface area contributed by atoms with E-state index in [1.165, 1.54) is 13.1 Å². The summed E-state index contributed by atoms with van der Waals surface area (Å²) in [6.07, 6.45) is 0. The summed E-state index contributed by atoms with van der Waals surface area (Å²) in [7, 11) is -2.13. The minimum Gasteiger partial charge on any atom is -0.398 e. The second-order valence-electron chi connectivity index (χ2n) is 5.06. The number of rotatable bonds is 6. The Morgan fingerprint density at radius 2 is 1.89 bits per heavy atom. The molecule has 1 aromatic carbocycles. The number of nitrogen functional groups attached to an aromatic ring is 1. The molecule has 0 saturated carbocycles. The monoisotopic (exact) mass is 285 g/mol. The van der Waals surface area contributed by atoms with E-state index >= 15 is 0 Å². The maximum Gasteiger partial charge on any atom is 0.242 e. The van der Waals surface area contributed by atoms with Gasteiger partial charge in [0.15, 0.2) is 0 Å². The van der Waals surface area contributed by atoms with Crippen molar-refractivity contribution >= 4 is 21.4 Å². The molecule has 0 aliphatic carbocycles. The molecule has 5 nitrogen and oxygen atoms in total. The lowest BCUT2D eigenvalue weighted by Gasteiger charge is -2.17. The van der Waals surface area contributed by atoms with Crippen molar-refractivity contribution in [2.75, 3.05) is 24.6 Å². The van der Waals surface area contributed by atoms with Crippen LogP contribution in [0.5, 0.6) is 0 Å². The average Bonchev–Trinajstić information content (AvgIpc) is 2.35. The van der Waals surface area contributed by atoms with Gasteiger partial charge in [0.05, 0.1) is 5.69 Å². The molecule has 0 heterocycles. The van der Waals surface area contributed by atoms with E-state index in [1.807, 2.05) is 0 Å². The lowest BCUT2D eigenvalue weighted by Crippen LogP contribution is -2.20. The number of sulfonamides is 1. The van der Waals surface area contributed by atoms with Gasteiger partial charge in [-0.2, -0.15) is 0 Å². The van der Waals surface area contributed by atoms with E-state index in [9.17, 15) is 8.42 Å². The Hall–Kier alpha value is -1.27. The summed E-state index contributed by atoms with van der Waals surface area (Å²) in [4.78, 5) is 0.109. The first-order chi connectivity index (χ1) is 8.77. The van der Waals surface area contributed by atoms with E-state index in [0.29, 0.717) is 11.8 Å². The predicted octanol–water partition coefficient (Wildman–Crippen LogP) is 1.88. The number of anilines is 2. The van der Waals surface area contributed by atoms with Crippen LogP contribution in [-0.2, 0) is 10.0 Å². The van der Waals surface area contributed by atoms with Gasteiger partial charge < -0.3 is 11.1 Å². The summed E-state index contributed by atoms with van der Waals surface area (Å²) in [5.74, 6) is 1.12. The molecule has 4 N–H and O–H groups in total. The zero-order valence-electron chi connectivity index (χ0n) is 11.9. The quantitative estimate of drug-likeness (QED) is 0.697. The van der Waals surface area contributed by atoms with Crippen LogP contribution in [0.2, 0.25) is 0 Å². The summed E-state index contributed by atoms with van der Waals surface area (Å²) in [5.41, 5.74) is 6.87. The van der Waals surface area contributed by atoms with Gasteiger partial charge in [0.25, 0.3) is 0 Å². The van der Waals surface area contributed by atoms with E-state index in [-0.39, 0.29) is 10.6 Å². The van der Waals surface area contributed by atoms with Crippen LogP contribution >= 0.6 is 0 Å². The van der Waals surface area contributed by atoms with Crippen molar-refractivity contribution in [1.82, 2.24) is 4.72 Å². The van der Waals surface area contributed by atoms with Crippen molar-refractivity contribution < 1.29 is 8.42 Å². The summed E-state index contributed by atoms with van der Waals surface area (Å²) < 4.78 is 25.6. The molecule has 19 heavy (non-hydrogen) atoms. The highest BCUT2D eigenvalue weighted by atomic mass is 32.2. The number of hydrogen-bond donors (Lipinski definition) is 3. The summed E-state index contributed by atoms with van der Waals surface area (Å²) in [6.45, 7) is 7.34. The molecule has 1 aromatic rings. The van der Waals surface area contributed by atoms with Gasteiger partial charge in [-0.1, -0.05) is 20.8 Å². The van der Waals surface area contributed by atoms with Crippen molar-refractivity contribution in [3.63, 3.8) is 0 Å². The number of hydrogen-bond acceptors (Lipinski definition) is 4. The Labute approximate surface area is 115 Å². The second-order valence-corrected chi connectivity index (χ2v) is 6.92. The molecule has 1 atom stereocenters. The molecule has 0 amide bonds. The van der Waals surface area contributed by atoms with Crippen LogP contribution in [0.4, 0.5) is 11.4 Å². The van der Waals surface area contributed by atoms with Gasteiger partial charge in [-0.3, -0.25) is 0 Å². The Kier molecular flexibility index (Phi) is 5.20. The summed E-state index contributed by atoms with van der Waals surface area (Å²) in [5, 5.41) is 3.27. The topological polar surface area (TPSA) is 84.2 Å². The number of nitrogens with one attached hydrogen (secondary N) is 2. The molecular formula is C13H23N3O2S. The molecule has 1 rings (SSSR count). The first-order valence-electron chi connectivity index (χ1n) is 6.35. The van der Waals surface area contributed by atoms with Gasteiger partial charge in [0.1, 0.15) is 4.90 Å². The highest BCUT2D eigenvalue weighted by Gasteiger charge is 2.15. The molecule has 0 radical (unpaired) electrons. The van der Waals surface area contributed by atoms with Gasteiger partial charge in [0.2, 0.25) is 10.0 Å².